The normalized spacial score (nSPS) is 34.4. The quantitative estimate of drug-likeness (QED) is 0.621. The lowest BCUT2D eigenvalue weighted by Gasteiger charge is -2.35. The topological polar surface area (TPSA) is 35.5 Å². The molecule has 0 bridgehead atoms. The smallest absolute Gasteiger partial charge is 0.324 e. The number of ether oxygens (including phenoxy) is 2. The van der Waals surface area contributed by atoms with Crippen LogP contribution in [-0.4, -0.2) is 23.1 Å². The predicted octanol–water partition coefficient (Wildman–Crippen LogP) is 1.85. The lowest BCUT2D eigenvalue weighted by atomic mass is 10.2. The number of carbonyl (C=O) groups excluding carboxylic acids is 1. The molecule has 2 heterocycles. The number of cyclic esters (lactones) is 1. The first-order valence-electron chi connectivity index (χ1n) is 4.43. The maximum atomic E-state index is 11.6. The van der Waals surface area contributed by atoms with Crippen molar-refractivity contribution in [3.05, 3.63) is 23.6 Å². The van der Waals surface area contributed by atoms with E-state index in [2.05, 4.69) is 6.58 Å². The molecule has 0 spiro atoms. The highest BCUT2D eigenvalue weighted by molar-refractivity contribution is 8.04. The number of rotatable bonds is 1. The molecule has 4 heteroatoms. The summed E-state index contributed by atoms with van der Waals surface area (Å²) in [5, 5.41) is -0.254. The van der Waals surface area contributed by atoms with Gasteiger partial charge < -0.3 is 9.47 Å². The van der Waals surface area contributed by atoms with Crippen LogP contribution in [0.2, 0.25) is 0 Å². The van der Waals surface area contributed by atoms with Crippen molar-refractivity contribution >= 4 is 17.7 Å². The molecule has 2 aliphatic rings. The van der Waals surface area contributed by atoms with E-state index in [1.165, 1.54) is 11.8 Å². The molecule has 0 aromatic heterocycles. The third kappa shape index (κ3) is 1.60. The second kappa shape index (κ2) is 3.14. The number of allylic oxidation sites excluding steroid dienone is 1. The number of hydrogen-bond donors (Lipinski definition) is 0. The summed E-state index contributed by atoms with van der Waals surface area (Å²) in [7, 11) is 0. The van der Waals surface area contributed by atoms with Crippen molar-refractivity contribution in [3.8, 4) is 0 Å². The van der Waals surface area contributed by atoms with E-state index < -0.39 is 5.79 Å². The molecule has 2 rings (SSSR count). The minimum atomic E-state index is -0.814. The Morgan fingerprint density at radius 1 is 1.64 bits per heavy atom. The minimum Gasteiger partial charge on any atom is -0.433 e. The van der Waals surface area contributed by atoms with Crippen LogP contribution in [0.4, 0.5) is 0 Å². The number of hydrogen-bond acceptors (Lipinski definition) is 4. The van der Waals surface area contributed by atoms with Crippen LogP contribution in [0.3, 0.4) is 0 Å². The Bertz CT molecular complexity index is 319. The zero-order valence-electron chi connectivity index (χ0n) is 8.15. The van der Waals surface area contributed by atoms with Crippen LogP contribution in [-0.2, 0) is 14.3 Å². The van der Waals surface area contributed by atoms with Gasteiger partial charge in [0.05, 0.1) is 0 Å². The molecule has 3 nitrogen and oxygen atoms in total. The van der Waals surface area contributed by atoms with Crippen LogP contribution in [0, 0.1) is 0 Å². The van der Waals surface area contributed by atoms with Crippen LogP contribution in [0.1, 0.15) is 13.8 Å². The SMILES string of the molecule is C=CC1=CC2OC(C)(C)OC(=O)C2S1. The summed E-state index contributed by atoms with van der Waals surface area (Å²) in [6.07, 6.45) is 3.47. The van der Waals surface area contributed by atoms with E-state index >= 15 is 0 Å². The fraction of sp³-hybridized carbons (Fsp3) is 0.500. The van der Waals surface area contributed by atoms with Crippen LogP contribution >= 0.6 is 11.8 Å². The molecule has 2 atom stereocenters. The summed E-state index contributed by atoms with van der Waals surface area (Å²) < 4.78 is 10.7. The van der Waals surface area contributed by atoms with Crippen LogP contribution in [0.5, 0.6) is 0 Å². The summed E-state index contributed by atoms with van der Waals surface area (Å²) >= 11 is 1.45. The summed E-state index contributed by atoms with van der Waals surface area (Å²) in [6, 6.07) is 0. The Hall–Kier alpha value is -0.740. The minimum absolute atomic E-state index is 0.177. The van der Waals surface area contributed by atoms with Crippen molar-refractivity contribution in [2.45, 2.75) is 31.0 Å². The van der Waals surface area contributed by atoms with Gasteiger partial charge in [-0.05, 0) is 6.08 Å². The molecule has 0 aromatic rings. The highest BCUT2D eigenvalue weighted by Crippen LogP contribution is 2.40. The molecule has 0 amide bonds. The lowest BCUT2D eigenvalue weighted by molar-refractivity contribution is -0.247. The molecule has 0 saturated carbocycles. The van der Waals surface area contributed by atoms with Crippen LogP contribution in [0.15, 0.2) is 23.6 Å². The largest absolute Gasteiger partial charge is 0.433 e. The van der Waals surface area contributed by atoms with Crippen LogP contribution in [0.25, 0.3) is 0 Å². The Balaban J connectivity index is 2.22. The summed E-state index contributed by atoms with van der Waals surface area (Å²) in [4.78, 5) is 12.5. The molecule has 2 unspecified atom stereocenters. The fourth-order valence-corrected chi connectivity index (χ4v) is 2.56. The third-order valence-electron chi connectivity index (χ3n) is 2.09. The number of esters is 1. The molecule has 0 N–H and O–H groups in total. The van der Waals surface area contributed by atoms with Gasteiger partial charge in [0.15, 0.2) is 0 Å². The number of thioether (sulfide) groups is 1. The third-order valence-corrected chi connectivity index (χ3v) is 3.38. The van der Waals surface area contributed by atoms with Crippen LogP contribution < -0.4 is 0 Å². The van der Waals surface area contributed by atoms with Gasteiger partial charge >= 0.3 is 5.97 Å². The first-order chi connectivity index (χ1) is 6.52. The summed E-state index contributed by atoms with van der Waals surface area (Å²) in [6.45, 7) is 7.15. The monoisotopic (exact) mass is 212 g/mol. The second-order valence-corrected chi connectivity index (χ2v) is 4.93. The molecule has 1 saturated heterocycles. The molecule has 0 radical (unpaired) electrons. The van der Waals surface area contributed by atoms with Gasteiger partial charge in [-0.3, -0.25) is 4.79 Å². The Labute approximate surface area is 87.1 Å². The molecule has 1 fully saturated rings. The molecular weight excluding hydrogens is 200 g/mol. The van der Waals surface area contributed by atoms with Gasteiger partial charge in [0.2, 0.25) is 5.79 Å². The van der Waals surface area contributed by atoms with E-state index in [1.807, 2.05) is 6.08 Å². The van der Waals surface area contributed by atoms with Crippen molar-refractivity contribution in [2.75, 3.05) is 0 Å². The highest BCUT2D eigenvalue weighted by atomic mass is 32.2. The fourth-order valence-electron chi connectivity index (χ4n) is 1.55. The second-order valence-electron chi connectivity index (χ2n) is 3.72. The van der Waals surface area contributed by atoms with Gasteiger partial charge in [0.1, 0.15) is 11.4 Å². The average Bonchev–Trinajstić information content (AvgIpc) is 2.45. The van der Waals surface area contributed by atoms with E-state index in [-0.39, 0.29) is 17.3 Å². The van der Waals surface area contributed by atoms with Gasteiger partial charge in [-0.1, -0.05) is 12.7 Å². The van der Waals surface area contributed by atoms with Gasteiger partial charge in [-0.15, -0.1) is 11.8 Å². The van der Waals surface area contributed by atoms with Crippen molar-refractivity contribution in [3.63, 3.8) is 0 Å². The van der Waals surface area contributed by atoms with Gasteiger partial charge in [0, 0.05) is 18.8 Å². The van der Waals surface area contributed by atoms with Crippen molar-refractivity contribution in [1.29, 1.82) is 0 Å². The zero-order valence-corrected chi connectivity index (χ0v) is 8.97. The maximum absolute atomic E-state index is 11.6. The Morgan fingerprint density at radius 2 is 2.36 bits per heavy atom. The van der Waals surface area contributed by atoms with E-state index in [0.717, 1.165) is 4.91 Å². The molecule has 0 aliphatic carbocycles. The average molecular weight is 212 g/mol. The first-order valence-corrected chi connectivity index (χ1v) is 5.31. The van der Waals surface area contributed by atoms with Crippen molar-refractivity contribution in [2.24, 2.45) is 0 Å². The Kier molecular flexibility index (Phi) is 2.20. The van der Waals surface area contributed by atoms with Crippen molar-refractivity contribution in [1.82, 2.24) is 0 Å². The van der Waals surface area contributed by atoms with Crippen molar-refractivity contribution < 1.29 is 14.3 Å². The first kappa shape index (κ1) is 9.80. The maximum Gasteiger partial charge on any atom is 0.324 e. The summed E-state index contributed by atoms with van der Waals surface area (Å²) in [5.41, 5.74) is 0. The Morgan fingerprint density at radius 3 is 3.00 bits per heavy atom. The number of fused-ring (bicyclic) bond motifs is 1. The van der Waals surface area contributed by atoms with E-state index in [9.17, 15) is 4.79 Å². The lowest BCUT2D eigenvalue weighted by Crippen LogP contribution is -2.48. The van der Waals surface area contributed by atoms with Gasteiger partial charge in [-0.2, -0.15) is 0 Å². The van der Waals surface area contributed by atoms with E-state index in [0.29, 0.717) is 0 Å². The molecule has 2 aliphatic heterocycles. The molecule has 76 valence electrons. The molecule has 0 aromatic carbocycles. The summed E-state index contributed by atoms with van der Waals surface area (Å²) in [5.74, 6) is -1.02. The zero-order chi connectivity index (χ0) is 10.3. The standard InChI is InChI=1S/C10H12O3S/c1-4-6-5-7-8(14-6)9(11)13-10(2,3)12-7/h4-5,7-8H,1H2,2-3H3. The van der Waals surface area contributed by atoms with E-state index in [4.69, 9.17) is 9.47 Å². The van der Waals surface area contributed by atoms with Gasteiger partial charge in [-0.25, -0.2) is 0 Å². The van der Waals surface area contributed by atoms with Gasteiger partial charge in [0.25, 0.3) is 0 Å². The molecular formula is C10H12O3S. The van der Waals surface area contributed by atoms with E-state index in [1.54, 1.807) is 19.9 Å². The number of carbonyl (C=O) groups is 1. The highest BCUT2D eigenvalue weighted by Gasteiger charge is 2.45. The molecule has 14 heavy (non-hydrogen) atoms. The predicted molar refractivity (Wildman–Crippen MR) is 54.7 cm³/mol.